The Balaban J connectivity index is 2.57. The van der Waals surface area contributed by atoms with Crippen molar-refractivity contribution in [3.05, 3.63) is 24.3 Å². The van der Waals surface area contributed by atoms with Crippen LogP contribution in [0, 0.1) is 5.92 Å². The van der Waals surface area contributed by atoms with Crippen LogP contribution in [-0.4, -0.2) is 18.3 Å². The van der Waals surface area contributed by atoms with E-state index in [0.717, 1.165) is 31.4 Å². The van der Waals surface area contributed by atoms with Crippen LogP contribution in [0.4, 0.5) is 5.69 Å². The molecule has 0 radical (unpaired) electrons. The Morgan fingerprint density at radius 3 is 2.14 bits per heavy atom. The largest absolute Gasteiger partial charge is 0.486 e. The van der Waals surface area contributed by atoms with Crippen molar-refractivity contribution in [3.63, 3.8) is 0 Å². The summed E-state index contributed by atoms with van der Waals surface area (Å²) in [5, 5.41) is 2.94. The molecule has 1 aromatic rings. The van der Waals surface area contributed by atoms with Gasteiger partial charge in [-0.2, -0.15) is 0 Å². The van der Waals surface area contributed by atoms with Gasteiger partial charge in [-0.05, 0) is 44.0 Å². The van der Waals surface area contributed by atoms with E-state index in [1.807, 2.05) is 0 Å². The molecular formula is C17H25NO3. The predicted molar refractivity (Wildman–Crippen MR) is 84.6 cm³/mol. The lowest BCUT2D eigenvalue weighted by molar-refractivity contribution is -0.120. The molecule has 0 spiro atoms. The zero-order valence-electron chi connectivity index (χ0n) is 13.1. The fourth-order valence-corrected chi connectivity index (χ4v) is 2.17. The van der Waals surface area contributed by atoms with Crippen LogP contribution in [0.25, 0.3) is 0 Å². The summed E-state index contributed by atoms with van der Waals surface area (Å²) in [6, 6.07) is 7.10. The highest BCUT2D eigenvalue weighted by Crippen LogP contribution is 2.19. The maximum absolute atomic E-state index is 12.2. The molecule has 0 unspecified atom stereocenters. The van der Waals surface area contributed by atoms with E-state index >= 15 is 0 Å². The summed E-state index contributed by atoms with van der Waals surface area (Å²) >= 11 is 0. The molecule has 0 bridgehead atoms. The fraction of sp³-hybridized carbons (Fsp3) is 0.529. The molecule has 1 aromatic carbocycles. The van der Waals surface area contributed by atoms with E-state index in [1.165, 1.54) is 6.92 Å². The van der Waals surface area contributed by atoms with Gasteiger partial charge in [0, 0.05) is 11.6 Å². The van der Waals surface area contributed by atoms with Gasteiger partial charge in [-0.3, -0.25) is 9.59 Å². The number of rotatable bonds is 9. The Kier molecular flexibility index (Phi) is 7.51. The molecule has 0 saturated heterocycles. The molecule has 21 heavy (non-hydrogen) atoms. The summed E-state index contributed by atoms with van der Waals surface area (Å²) in [7, 11) is 0. The average Bonchev–Trinajstić information content (AvgIpc) is 2.46. The first-order valence-corrected chi connectivity index (χ1v) is 7.60. The van der Waals surface area contributed by atoms with Gasteiger partial charge in [0.05, 0.1) is 0 Å². The summed E-state index contributed by atoms with van der Waals surface area (Å²) in [5.74, 6) is 0.765. The van der Waals surface area contributed by atoms with Crippen LogP contribution < -0.4 is 10.1 Å². The van der Waals surface area contributed by atoms with E-state index in [1.54, 1.807) is 24.3 Å². The molecule has 0 fully saturated rings. The smallest absolute Gasteiger partial charge is 0.227 e. The van der Waals surface area contributed by atoms with Crippen molar-refractivity contribution in [2.45, 2.75) is 46.5 Å². The molecule has 1 rings (SSSR count). The van der Waals surface area contributed by atoms with E-state index < -0.39 is 0 Å². The van der Waals surface area contributed by atoms with Crippen molar-refractivity contribution in [1.29, 1.82) is 0 Å². The van der Waals surface area contributed by atoms with Gasteiger partial charge in [-0.25, -0.2) is 0 Å². The van der Waals surface area contributed by atoms with Crippen LogP contribution in [-0.2, 0) is 9.59 Å². The first-order valence-electron chi connectivity index (χ1n) is 7.60. The van der Waals surface area contributed by atoms with E-state index in [-0.39, 0.29) is 24.2 Å². The highest BCUT2D eigenvalue weighted by molar-refractivity contribution is 5.92. The first kappa shape index (κ1) is 17.2. The Bertz CT molecular complexity index is 448. The molecule has 0 aliphatic carbocycles. The minimum absolute atomic E-state index is 0.0191. The molecule has 4 nitrogen and oxygen atoms in total. The van der Waals surface area contributed by atoms with Crippen molar-refractivity contribution < 1.29 is 14.3 Å². The third kappa shape index (κ3) is 6.43. The van der Waals surface area contributed by atoms with Crippen LogP contribution in [0.5, 0.6) is 5.75 Å². The van der Waals surface area contributed by atoms with Crippen LogP contribution in [0.15, 0.2) is 24.3 Å². The molecule has 0 atom stereocenters. The van der Waals surface area contributed by atoms with Crippen LogP contribution in [0.3, 0.4) is 0 Å². The van der Waals surface area contributed by atoms with E-state index in [0.29, 0.717) is 5.75 Å². The number of ketones is 1. The summed E-state index contributed by atoms with van der Waals surface area (Å²) in [4.78, 5) is 23.1. The van der Waals surface area contributed by atoms with Crippen LogP contribution in [0.1, 0.15) is 46.5 Å². The summed E-state index contributed by atoms with van der Waals surface area (Å²) < 4.78 is 5.29. The van der Waals surface area contributed by atoms with Crippen molar-refractivity contribution in [2.75, 3.05) is 11.9 Å². The van der Waals surface area contributed by atoms with Crippen molar-refractivity contribution in [3.8, 4) is 5.75 Å². The van der Waals surface area contributed by atoms with Gasteiger partial charge >= 0.3 is 0 Å². The van der Waals surface area contributed by atoms with Gasteiger partial charge in [-0.1, -0.05) is 26.7 Å². The molecule has 0 aliphatic heterocycles. The monoisotopic (exact) mass is 291 g/mol. The quantitative estimate of drug-likeness (QED) is 0.752. The molecule has 1 N–H and O–H groups in total. The number of anilines is 1. The molecule has 0 aromatic heterocycles. The lowest BCUT2D eigenvalue weighted by Gasteiger charge is -2.15. The molecule has 116 valence electrons. The Hall–Kier alpha value is -1.84. The van der Waals surface area contributed by atoms with Gasteiger partial charge in [0.15, 0.2) is 5.78 Å². The maximum Gasteiger partial charge on any atom is 0.227 e. The molecule has 0 aliphatic rings. The average molecular weight is 291 g/mol. The number of nitrogens with one attached hydrogen (secondary N) is 1. The van der Waals surface area contributed by atoms with Crippen molar-refractivity contribution in [1.82, 2.24) is 0 Å². The van der Waals surface area contributed by atoms with Gasteiger partial charge in [-0.15, -0.1) is 0 Å². The molecule has 0 saturated carbocycles. The van der Waals surface area contributed by atoms with E-state index in [2.05, 4.69) is 19.2 Å². The topological polar surface area (TPSA) is 55.4 Å². The van der Waals surface area contributed by atoms with Crippen molar-refractivity contribution >= 4 is 17.4 Å². The standard InChI is InChI=1S/C17H25NO3/c1-4-6-14(7-5-2)17(20)18-15-8-10-16(11-9-15)21-12-13(3)19/h8-11,14H,4-7,12H2,1-3H3,(H,18,20). The van der Waals surface area contributed by atoms with Gasteiger partial charge < -0.3 is 10.1 Å². The molecule has 0 heterocycles. The normalized spacial score (nSPS) is 10.5. The zero-order valence-corrected chi connectivity index (χ0v) is 13.1. The van der Waals surface area contributed by atoms with E-state index in [4.69, 9.17) is 4.74 Å². The Morgan fingerprint density at radius 1 is 1.10 bits per heavy atom. The third-order valence-electron chi connectivity index (χ3n) is 3.21. The fourth-order valence-electron chi connectivity index (χ4n) is 2.17. The number of ether oxygens (including phenoxy) is 1. The SMILES string of the molecule is CCCC(CCC)C(=O)Nc1ccc(OCC(C)=O)cc1. The number of hydrogen-bond acceptors (Lipinski definition) is 3. The molecule has 1 amide bonds. The maximum atomic E-state index is 12.2. The highest BCUT2D eigenvalue weighted by Gasteiger charge is 2.16. The first-order chi connectivity index (χ1) is 10.1. The number of Topliss-reactive ketones (excluding diaryl/α,β-unsaturated/α-hetero) is 1. The summed E-state index contributed by atoms with van der Waals surface area (Å²) in [6.45, 7) is 5.74. The number of carbonyl (C=O) groups excluding carboxylic acids is 2. The van der Waals surface area contributed by atoms with Gasteiger partial charge in [0.25, 0.3) is 0 Å². The number of hydrogen-bond donors (Lipinski definition) is 1. The minimum Gasteiger partial charge on any atom is -0.486 e. The van der Waals surface area contributed by atoms with Gasteiger partial charge in [0.1, 0.15) is 12.4 Å². The second-order valence-electron chi connectivity index (χ2n) is 5.28. The summed E-state index contributed by atoms with van der Waals surface area (Å²) in [6.07, 6.45) is 3.85. The zero-order chi connectivity index (χ0) is 15.7. The summed E-state index contributed by atoms with van der Waals surface area (Å²) in [5.41, 5.74) is 0.757. The van der Waals surface area contributed by atoms with Crippen molar-refractivity contribution in [2.24, 2.45) is 5.92 Å². The Morgan fingerprint density at radius 2 is 1.67 bits per heavy atom. The Labute approximate surface area is 126 Å². The second-order valence-corrected chi connectivity index (χ2v) is 5.28. The predicted octanol–water partition coefficient (Wildman–Crippen LogP) is 3.81. The highest BCUT2D eigenvalue weighted by atomic mass is 16.5. The van der Waals surface area contributed by atoms with Gasteiger partial charge in [0.2, 0.25) is 5.91 Å². The number of carbonyl (C=O) groups is 2. The number of benzene rings is 1. The molecular weight excluding hydrogens is 266 g/mol. The lowest BCUT2D eigenvalue weighted by Crippen LogP contribution is -2.22. The van der Waals surface area contributed by atoms with Crippen LogP contribution >= 0.6 is 0 Å². The third-order valence-corrected chi connectivity index (χ3v) is 3.21. The minimum atomic E-state index is -0.0191. The van der Waals surface area contributed by atoms with Crippen LogP contribution in [0.2, 0.25) is 0 Å². The number of amides is 1. The van der Waals surface area contributed by atoms with E-state index in [9.17, 15) is 9.59 Å². The lowest BCUT2D eigenvalue weighted by atomic mass is 9.97. The second kappa shape index (κ2) is 9.16. The molecule has 4 heteroatoms.